The minimum Gasteiger partial charge on any atom is -0.423 e. The number of amides is 1. The van der Waals surface area contributed by atoms with E-state index in [9.17, 15) is 4.79 Å². The first-order valence-electron chi connectivity index (χ1n) is 9.37. The summed E-state index contributed by atoms with van der Waals surface area (Å²) in [6.45, 7) is 3.06. The van der Waals surface area contributed by atoms with Gasteiger partial charge in [-0.25, -0.2) is 0 Å². The van der Waals surface area contributed by atoms with Crippen LogP contribution in [-0.2, 0) is 4.79 Å². The molecule has 1 atom stereocenters. The lowest BCUT2D eigenvalue weighted by molar-refractivity contribution is -0.139. The van der Waals surface area contributed by atoms with Gasteiger partial charge in [0, 0.05) is 38.1 Å². The Morgan fingerprint density at radius 3 is 2.72 bits per heavy atom. The number of rotatable bonds is 3. The third-order valence-electron chi connectivity index (χ3n) is 5.58. The van der Waals surface area contributed by atoms with Crippen molar-refractivity contribution < 1.29 is 9.21 Å². The molecule has 1 aromatic carbocycles. The Morgan fingerprint density at radius 1 is 1.16 bits per heavy atom. The predicted octanol–water partition coefficient (Wildman–Crippen LogP) is 2.38. The number of hydrogen-bond acceptors (Lipinski definition) is 5. The standard InChI is InChI=1S/C19H26N4O2/c20-13-15-5-3-4-10-23(15)18(24)14-8-11-22(12-9-14)19-21-16-6-1-2-7-17(16)25-19/h1-2,6-7,14-15H,3-5,8-13,20H2. The van der Waals surface area contributed by atoms with E-state index in [0.717, 1.165) is 56.4 Å². The van der Waals surface area contributed by atoms with Crippen molar-refractivity contribution in [2.24, 2.45) is 11.7 Å². The molecule has 0 saturated carbocycles. The molecule has 3 heterocycles. The van der Waals surface area contributed by atoms with E-state index in [1.54, 1.807) is 0 Å². The molecule has 1 aromatic heterocycles. The van der Waals surface area contributed by atoms with Gasteiger partial charge in [0.2, 0.25) is 5.91 Å². The number of benzene rings is 1. The van der Waals surface area contributed by atoms with E-state index in [0.29, 0.717) is 18.5 Å². The summed E-state index contributed by atoms with van der Waals surface area (Å²) in [4.78, 5) is 21.7. The highest BCUT2D eigenvalue weighted by Gasteiger charge is 2.33. The van der Waals surface area contributed by atoms with Gasteiger partial charge in [0.1, 0.15) is 5.52 Å². The molecule has 6 heteroatoms. The van der Waals surface area contributed by atoms with Crippen LogP contribution in [0.3, 0.4) is 0 Å². The molecule has 2 saturated heterocycles. The van der Waals surface area contributed by atoms with Crippen molar-refractivity contribution in [3.05, 3.63) is 24.3 Å². The second-order valence-corrected chi connectivity index (χ2v) is 7.14. The molecule has 134 valence electrons. The van der Waals surface area contributed by atoms with E-state index in [4.69, 9.17) is 10.2 Å². The smallest absolute Gasteiger partial charge is 0.298 e. The first kappa shape index (κ1) is 16.4. The molecule has 2 aliphatic heterocycles. The zero-order valence-corrected chi connectivity index (χ0v) is 14.6. The van der Waals surface area contributed by atoms with E-state index in [2.05, 4.69) is 9.88 Å². The fourth-order valence-electron chi connectivity index (χ4n) is 4.08. The summed E-state index contributed by atoms with van der Waals surface area (Å²) in [5.74, 6) is 0.403. The number of carbonyl (C=O) groups is 1. The van der Waals surface area contributed by atoms with Crippen LogP contribution in [0.4, 0.5) is 6.01 Å². The van der Waals surface area contributed by atoms with E-state index in [1.807, 2.05) is 29.2 Å². The third-order valence-corrected chi connectivity index (χ3v) is 5.58. The topological polar surface area (TPSA) is 75.6 Å². The van der Waals surface area contributed by atoms with Crippen LogP contribution in [0, 0.1) is 5.92 Å². The van der Waals surface area contributed by atoms with Crippen LogP contribution in [0.15, 0.2) is 28.7 Å². The van der Waals surface area contributed by atoms with Crippen molar-refractivity contribution in [3.8, 4) is 0 Å². The third kappa shape index (κ3) is 3.23. The highest BCUT2D eigenvalue weighted by atomic mass is 16.4. The number of hydrogen-bond donors (Lipinski definition) is 1. The van der Waals surface area contributed by atoms with Gasteiger partial charge in [0.25, 0.3) is 6.01 Å². The van der Waals surface area contributed by atoms with E-state index in [-0.39, 0.29) is 12.0 Å². The number of fused-ring (bicyclic) bond motifs is 1. The second-order valence-electron chi connectivity index (χ2n) is 7.14. The van der Waals surface area contributed by atoms with Crippen molar-refractivity contribution in [3.63, 3.8) is 0 Å². The van der Waals surface area contributed by atoms with Gasteiger partial charge in [-0.1, -0.05) is 12.1 Å². The predicted molar refractivity (Wildman–Crippen MR) is 97.4 cm³/mol. The molecule has 0 radical (unpaired) electrons. The fourth-order valence-corrected chi connectivity index (χ4v) is 4.08. The van der Waals surface area contributed by atoms with Crippen LogP contribution >= 0.6 is 0 Å². The quantitative estimate of drug-likeness (QED) is 0.927. The van der Waals surface area contributed by atoms with Gasteiger partial charge in [0.05, 0.1) is 0 Å². The summed E-state index contributed by atoms with van der Waals surface area (Å²) in [6, 6.07) is 8.72. The molecule has 1 amide bonds. The van der Waals surface area contributed by atoms with Crippen LogP contribution < -0.4 is 10.6 Å². The second kappa shape index (κ2) is 7.04. The van der Waals surface area contributed by atoms with Crippen molar-refractivity contribution in [2.75, 3.05) is 31.1 Å². The summed E-state index contributed by atoms with van der Waals surface area (Å²) in [7, 11) is 0. The highest BCUT2D eigenvalue weighted by molar-refractivity contribution is 5.80. The number of anilines is 1. The molecule has 2 fully saturated rings. The molecule has 0 spiro atoms. The Balaban J connectivity index is 1.40. The van der Waals surface area contributed by atoms with Crippen molar-refractivity contribution in [1.82, 2.24) is 9.88 Å². The lowest BCUT2D eigenvalue weighted by atomic mass is 9.92. The maximum Gasteiger partial charge on any atom is 0.298 e. The van der Waals surface area contributed by atoms with Gasteiger partial charge < -0.3 is 20.0 Å². The first-order valence-corrected chi connectivity index (χ1v) is 9.37. The molecule has 4 rings (SSSR count). The summed E-state index contributed by atoms with van der Waals surface area (Å²) >= 11 is 0. The molecule has 0 bridgehead atoms. The maximum atomic E-state index is 12.9. The number of oxazole rings is 1. The number of piperidine rings is 2. The number of carbonyl (C=O) groups excluding carboxylic acids is 1. The van der Waals surface area contributed by atoms with Gasteiger partial charge in [-0.3, -0.25) is 4.79 Å². The molecule has 6 nitrogen and oxygen atoms in total. The Morgan fingerprint density at radius 2 is 1.96 bits per heavy atom. The average Bonchev–Trinajstić information content (AvgIpc) is 3.12. The Bertz CT molecular complexity index is 703. The molecule has 2 aliphatic rings. The number of aromatic nitrogens is 1. The Labute approximate surface area is 148 Å². The monoisotopic (exact) mass is 342 g/mol. The molecule has 25 heavy (non-hydrogen) atoms. The molecule has 0 aliphatic carbocycles. The van der Waals surface area contributed by atoms with Crippen molar-refractivity contribution in [2.45, 2.75) is 38.1 Å². The average molecular weight is 342 g/mol. The summed E-state index contributed by atoms with van der Waals surface area (Å²) < 4.78 is 5.86. The van der Waals surface area contributed by atoms with Gasteiger partial charge in [0.15, 0.2) is 5.58 Å². The van der Waals surface area contributed by atoms with E-state index < -0.39 is 0 Å². The Hall–Kier alpha value is -2.08. The zero-order valence-electron chi connectivity index (χ0n) is 14.6. The SMILES string of the molecule is NCC1CCCCN1C(=O)C1CCN(c2nc3ccccc3o2)CC1. The van der Waals surface area contributed by atoms with Crippen molar-refractivity contribution in [1.29, 1.82) is 0 Å². The first-order chi connectivity index (χ1) is 12.3. The number of nitrogens with two attached hydrogens (primary N) is 1. The van der Waals surface area contributed by atoms with Gasteiger partial charge in [-0.15, -0.1) is 0 Å². The van der Waals surface area contributed by atoms with Crippen LogP contribution in [0.5, 0.6) is 0 Å². The van der Waals surface area contributed by atoms with Gasteiger partial charge in [-0.2, -0.15) is 4.98 Å². The fraction of sp³-hybridized carbons (Fsp3) is 0.579. The van der Waals surface area contributed by atoms with Crippen LogP contribution in [0.1, 0.15) is 32.1 Å². The molecule has 2 N–H and O–H groups in total. The molecule has 1 unspecified atom stereocenters. The zero-order chi connectivity index (χ0) is 17.2. The highest BCUT2D eigenvalue weighted by Crippen LogP contribution is 2.28. The maximum absolute atomic E-state index is 12.9. The van der Waals surface area contributed by atoms with E-state index >= 15 is 0 Å². The number of likely N-dealkylation sites (tertiary alicyclic amines) is 1. The van der Waals surface area contributed by atoms with Crippen LogP contribution in [-0.4, -0.2) is 48.0 Å². The summed E-state index contributed by atoms with van der Waals surface area (Å²) in [6.07, 6.45) is 5.03. The number of nitrogens with zero attached hydrogens (tertiary/aromatic N) is 3. The summed E-state index contributed by atoms with van der Waals surface area (Å²) in [5, 5.41) is 0. The molecule has 2 aromatic rings. The molecular formula is C19H26N4O2. The lowest BCUT2D eigenvalue weighted by Gasteiger charge is -2.39. The largest absolute Gasteiger partial charge is 0.423 e. The van der Waals surface area contributed by atoms with Gasteiger partial charge >= 0.3 is 0 Å². The van der Waals surface area contributed by atoms with Crippen LogP contribution in [0.2, 0.25) is 0 Å². The minimum absolute atomic E-state index is 0.104. The minimum atomic E-state index is 0.104. The lowest BCUT2D eigenvalue weighted by Crippen LogP contribution is -2.51. The number of para-hydroxylation sites is 2. The molecular weight excluding hydrogens is 316 g/mol. The summed E-state index contributed by atoms with van der Waals surface area (Å²) in [5.41, 5.74) is 7.57. The normalized spacial score (nSPS) is 22.5. The van der Waals surface area contributed by atoms with E-state index in [1.165, 1.54) is 6.42 Å². The van der Waals surface area contributed by atoms with Gasteiger partial charge in [-0.05, 0) is 44.2 Å². The van der Waals surface area contributed by atoms with Crippen molar-refractivity contribution >= 4 is 23.0 Å². The van der Waals surface area contributed by atoms with Crippen LogP contribution in [0.25, 0.3) is 11.1 Å². The Kier molecular flexibility index (Phi) is 4.61.